The molecule has 2 aliphatic rings. The van der Waals surface area contributed by atoms with E-state index in [0.717, 1.165) is 16.7 Å². The fourth-order valence-electron chi connectivity index (χ4n) is 3.48. The highest BCUT2D eigenvalue weighted by Gasteiger charge is 2.31. The van der Waals surface area contributed by atoms with Gasteiger partial charge in [0.05, 0.1) is 0 Å². The zero-order chi connectivity index (χ0) is 21.3. The zero-order valence-electron chi connectivity index (χ0n) is 17.1. The van der Waals surface area contributed by atoms with Crippen molar-refractivity contribution in [1.82, 2.24) is 5.32 Å². The molecule has 154 valence electrons. The molecule has 0 spiro atoms. The summed E-state index contributed by atoms with van der Waals surface area (Å²) in [5.74, 6) is 0.999. The molecule has 0 bridgehead atoms. The maximum absolute atomic E-state index is 12.3. The van der Waals surface area contributed by atoms with Gasteiger partial charge in [-0.2, -0.15) is 0 Å². The van der Waals surface area contributed by atoms with Crippen LogP contribution in [-0.2, 0) is 9.53 Å². The van der Waals surface area contributed by atoms with E-state index in [1.165, 1.54) is 5.56 Å². The van der Waals surface area contributed by atoms with E-state index >= 15 is 0 Å². The summed E-state index contributed by atoms with van der Waals surface area (Å²) in [4.78, 5) is 17.0. The van der Waals surface area contributed by atoms with Crippen molar-refractivity contribution in [2.45, 2.75) is 32.9 Å². The van der Waals surface area contributed by atoms with E-state index in [2.05, 4.69) is 31.3 Å². The molecule has 0 radical (unpaired) electrons. The number of aryl methyl sites for hydroxylation is 3. The lowest BCUT2D eigenvalue weighted by Crippen LogP contribution is -2.31. The molecule has 0 saturated heterocycles. The summed E-state index contributed by atoms with van der Waals surface area (Å²) >= 11 is 6.01. The van der Waals surface area contributed by atoms with E-state index in [1.54, 1.807) is 18.2 Å². The molecule has 2 atom stereocenters. The molecular formula is C24H23ClN2O3. The highest BCUT2D eigenvalue weighted by Crippen LogP contribution is 2.26. The number of carbonyl (C=O) groups is 1. The molecule has 0 fully saturated rings. The van der Waals surface area contributed by atoms with Crippen LogP contribution in [0.3, 0.4) is 0 Å². The molecule has 0 saturated carbocycles. The smallest absolute Gasteiger partial charge is 0.262 e. The number of hydrogen-bond donors (Lipinski definition) is 1. The number of rotatable bonds is 5. The third-order valence-corrected chi connectivity index (χ3v) is 5.49. The van der Waals surface area contributed by atoms with Gasteiger partial charge in [0.25, 0.3) is 5.91 Å². The maximum atomic E-state index is 12.3. The summed E-state index contributed by atoms with van der Waals surface area (Å²) in [5, 5.41) is 3.53. The summed E-state index contributed by atoms with van der Waals surface area (Å²) in [7, 11) is 0. The summed E-state index contributed by atoms with van der Waals surface area (Å²) in [6.45, 7) is 5.91. The Morgan fingerprint density at radius 2 is 2.00 bits per heavy atom. The van der Waals surface area contributed by atoms with Crippen LogP contribution in [0.15, 0.2) is 65.3 Å². The fourth-order valence-corrected chi connectivity index (χ4v) is 3.60. The zero-order valence-corrected chi connectivity index (χ0v) is 17.9. The number of amides is 1. The van der Waals surface area contributed by atoms with Crippen molar-refractivity contribution in [3.05, 3.63) is 87.6 Å². The van der Waals surface area contributed by atoms with Crippen LogP contribution in [0.5, 0.6) is 5.75 Å². The second-order valence-electron chi connectivity index (χ2n) is 7.55. The SMILES string of the molecule is Cc1ccc(C2=NC3C=C(NC(=O)COc4ccc(Cl)c(C)c4)C=CC3O2)c(C)c1. The van der Waals surface area contributed by atoms with Gasteiger partial charge in [-0.05, 0) is 74.4 Å². The van der Waals surface area contributed by atoms with Crippen LogP contribution in [0.2, 0.25) is 5.02 Å². The topological polar surface area (TPSA) is 59.9 Å². The minimum Gasteiger partial charge on any atom is -0.484 e. The van der Waals surface area contributed by atoms with Crippen LogP contribution in [0.4, 0.5) is 0 Å². The molecule has 4 rings (SSSR count). The number of fused-ring (bicyclic) bond motifs is 1. The van der Waals surface area contributed by atoms with Crippen molar-refractivity contribution in [2.75, 3.05) is 6.61 Å². The first-order chi connectivity index (χ1) is 14.4. The van der Waals surface area contributed by atoms with Crippen LogP contribution >= 0.6 is 11.6 Å². The number of nitrogens with one attached hydrogen (secondary N) is 1. The number of ether oxygens (including phenoxy) is 2. The Hall–Kier alpha value is -3.05. The number of benzene rings is 2. The van der Waals surface area contributed by atoms with E-state index in [9.17, 15) is 4.79 Å². The van der Waals surface area contributed by atoms with E-state index in [-0.39, 0.29) is 24.7 Å². The normalized spacial score (nSPS) is 19.5. The van der Waals surface area contributed by atoms with Gasteiger partial charge in [-0.1, -0.05) is 29.3 Å². The predicted octanol–water partition coefficient (Wildman–Crippen LogP) is 4.43. The second kappa shape index (κ2) is 8.36. The number of carbonyl (C=O) groups excluding carboxylic acids is 1. The minimum atomic E-state index is -0.241. The van der Waals surface area contributed by atoms with Crippen molar-refractivity contribution in [1.29, 1.82) is 0 Å². The van der Waals surface area contributed by atoms with Crippen LogP contribution in [0.1, 0.15) is 22.3 Å². The van der Waals surface area contributed by atoms with E-state index in [0.29, 0.717) is 22.4 Å². The van der Waals surface area contributed by atoms with Gasteiger partial charge in [-0.3, -0.25) is 4.79 Å². The highest BCUT2D eigenvalue weighted by atomic mass is 35.5. The Kier molecular flexibility index (Phi) is 5.64. The molecule has 1 N–H and O–H groups in total. The monoisotopic (exact) mass is 422 g/mol. The minimum absolute atomic E-state index is 0.0894. The third-order valence-electron chi connectivity index (χ3n) is 5.06. The molecule has 1 amide bonds. The molecule has 0 aromatic heterocycles. The van der Waals surface area contributed by atoms with E-state index in [4.69, 9.17) is 26.1 Å². The first-order valence-electron chi connectivity index (χ1n) is 9.80. The molecule has 2 unspecified atom stereocenters. The molecule has 5 nitrogen and oxygen atoms in total. The Balaban J connectivity index is 1.39. The van der Waals surface area contributed by atoms with E-state index < -0.39 is 0 Å². The van der Waals surface area contributed by atoms with Gasteiger partial charge in [-0.25, -0.2) is 4.99 Å². The average molecular weight is 423 g/mol. The lowest BCUT2D eigenvalue weighted by molar-refractivity contribution is -0.122. The standard InChI is InChI=1S/C24H23ClN2O3/c1-14-4-7-19(15(2)10-14)24-27-21-12-17(5-9-22(21)30-24)26-23(28)13-29-18-6-8-20(25)16(3)11-18/h4-12,21-22H,13H2,1-3H3,(H,26,28). The highest BCUT2D eigenvalue weighted by molar-refractivity contribution is 6.31. The molecule has 1 aliphatic heterocycles. The van der Waals surface area contributed by atoms with Gasteiger partial charge in [0.1, 0.15) is 17.9 Å². The molecule has 6 heteroatoms. The van der Waals surface area contributed by atoms with Crippen molar-refractivity contribution in [3.8, 4) is 5.75 Å². The number of allylic oxidation sites excluding steroid dienone is 1. The predicted molar refractivity (Wildman–Crippen MR) is 118 cm³/mol. The Morgan fingerprint density at radius 3 is 2.77 bits per heavy atom. The lowest BCUT2D eigenvalue weighted by atomic mass is 10.0. The molecule has 1 heterocycles. The van der Waals surface area contributed by atoms with Crippen molar-refractivity contribution < 1.29 is 14.3 Å². The number of nitrogens with zero attached hydrogens (tertiary/aromatic N) is 1. The Labute approximate surface area is 181 Å². The second-order valence-corrected chi connectivity index (χ2v) is 7.96. The summed E-state index contributed by atoms with van der Waals surface area (Å²) < 4.78 is 11.6. The first-order valence-corrected chi connectivity index (χ1v) is 10.2. The molecule has 1 aliphatic carbocycles. The average Bonchev–Trinajstić information content (AvgIpc) is 3.12. The largest absolute Gasteiger partial charge is 0.484 e. The fraction of sp³-hybridized carbons (Fsp3) is 0.250. The van der Waals surface area contributed by atoms with Gasteiger partial charge in [0.2, 0.25) is 5.90 Å². The van der Waals surface area contributed by atoms with Crippen molar-refractivity contribution in [3.63, 3.8) is 0 Å². The van der Waals surface area contributed by atoms with Gasteiger partial charge < -0.3 is 14.8 Å². The Morgan fingerprint density at radius 1 is 1.17 bits per heavy atom. The summed E-state index contributed by atoms with van der Waals surface area (Å²) in [6, 6.07) is 11.3. The van der Waals surface area contributed by atoms with Crippen LogP contribution < -0.4 is 10.1 Å². The molecule has 2 aromatic rings. The van der Waals surface area contributed by atoms with Crippen LogP contribution in [-0.4, -0.2) is 30.6 Å². The van der Waals surface area contributed by atoms with Crippen molar-refractivity contribution in [2.24, 2.45) is 4.99 Å². The lowest BCUT2D eigenvalue weighted by Gasteiger charge is -2.17. The van der Waals surface area contributed by atoms with Gasteiger partial charge >= 0.3 is 0 Å². The van der Waals surface area contributed by atoms with Gasteiger partial charge in [0.15, 0.2) is 6.61 Å². The molecule has 2 aromatic carbocycles. The first kappa shape index (κ1) is 20.2. The number of hydrogen-bond acceptors (Lipinski definition) is 4. The summed E-state index contributed by atoms with van der Waals surface area (Å²) in [6.07, 6.45) is 5.51. The van der Waals surface area contributed by atoms with Crippen LogP contribution in [0.25, 0.3) is 0 Å². The van der Waals surface area contributed by atoms with Gasteiger partial charge in [0, 0.05) is 16.3 Å². The summed E-state index contributed by atoms with van der Waals surface area (Å²) in [5.41, 5.74) is 4.91. The van der Waals surface area contributed by atoms with Gasteiger partial charge in [-0.15, -0.1) is 0 Å². The maximum Gasteiger partial charge on any atom is 0.262 e. The molecule has 30 heavy (non-hydrogen) atoms. The van der Waals surface area contributed by atoms with Crippen LogP contribution in [0, 0.1) is 20.8 Å². The third kappa shape index (κ3) is 4.41. The number of aliphatic imine (C=N–C) groups is 1. The quantitative estimate of drug-likeness (QED) is 0.775. The number of halogens is 1. The van der Waals surface area contributed by atoms with Crippen molar-refractivity contribution >= 4 is 23.4 Å². The van der Waals surface area contributed by atoms with E-state index in [1.807, 2.05) is 31.2 Å². The molecular weight excluding hydrogens is 400 g/mol. The Bertz CT molecular complexity index is 1090.